The summed E-state index contributed by atoms with van der Waals surface area (Å²) in [5.74, 6) is 0. The Morgan fingerprint density at radius 3 is 1.97 bits per heavy atom. The van der Waals surface area contributed by atoms with Gasteiger partial charge in [-0.3, -0.25) is 0 Å². The van der Waals surface area contributed by atoms with Gasteiger partial charge in [-0.05, 0) is 47.5 Å². The van der Waals surface area contributed by atoms with Gasteiger partial charge in [0.15, 0.2) is 0 Å². The zero-order valence-electron chi connectivity index (χ0n) is 17.8. The predicted octanol–water partition coefficient (Wildman–Crippen LogP) is 7.38. The van der Waals surface area contributed by atoms with E-state index in [-0.39, 0.29) is 0 Å². The van der Waals surface area contributed by atoms with Gasteiger partial charge in [-0.25, -0.2) is 4.98 Å². The molecule has 0 unspecified atom stereocenters. The third kappa shape index (κ3) is 3.17. The van der Waals surface area contributed by atoms with E-state index in [4.69, 9.17) is 5.26 Å². The highest BCUT2D eigenvalue weighted by Crippen LogP contribution is 2.36. The Kier molecular flexibility index (Phi) is 4.49. The van der Waals surface area contributed by atoms with Crippen LogP contribution in [0.4, 0.5) is 0 Å². The molecule has 6 rings (SSSR count). The van der Waals surface area contributed by atoms with Crippen LogP contribution in [0.2, 0.25) is 0 Å². The molecule has 33 heavy (non-hydrogen) atoms. The molecule has 3 nitrogen and oxygen atoms in total. The number of rotatable bonds is 3. The molecule has 6 aromatic rings. The van der Waals surface area contributed by atoms with E-state index >= 15 is 0 Å². The SMILES string of the molecule is N#Cc1ccc(-c2cccc(-c3ccccc3-n3c4ccccc4c4ccccc43)c2)cn1. The average molecular weight is 422 g/mol. The van der Waals surface area contributed by atoms with Gasteiger partial charge in [-0.15, -0.1) is 0 Å². The normalized spacial score (nSPS) is 11.0. The summed E-state index contributed by atoms with van der Waals surface area (Å²) in [5.41, 5.74) is 8.31. The number of para-hydroxylation sites is 3. The lowest BCUT2D eigenvalue weighted by molar-refractivity contribution is 1.18. The van der Waals surface area contributed by atoms with Crippen LogP contribution in [0.15, 0.2) is 115 Å². The molecule has 0 aliphatic rings. The molecule has 4 aromatic carbocycles. The second-order valence-corrected chi connectivity index (χ2v) is 8.01. The Hall–Kier alpha value is -4.68. The topological polar surface area (TPSA) is 41.6 Å². The van der Waals surface area contributed by atoms with E-state index in [9.17, 15) is 0 Å². The minimum absolute atomic E-state index is 0.423. The molecule has 0 aliphatic heterocycles. The first-order valence-electron chi connectivity index (χ1n) is 10.9. The summed E-state index contributed by atoms with van der Waals surface area (Å²) in [6.07, 6.45) is 1.76. The number of hydrogen-bond acceptors (Lipinski definition) is 2. The molecule has 0 bridgehead atoms. The number of pyridine rings is 1. The fourth-order valence-corrected chi connectivity index (χ4v) is 4.59. The second-order valence-electron chi connectivity index (χ2n) is 8.01. The third-order valence-corrected chi connectivity index (χ3v) is 6.11. The Labute approximate surface area is 191 Å². The first-order chi connectivity index (χ1) is 16.3. The van der Waals surface area contributed by atoms with Crippen LogP contribution in [0.1, 0.15) is 5.69 Å². The lowest BCUT2D eigenvalue weighted by Crippen LogP contribution is -1.97. The quantitative estimate of drug-likeness (QED) is 0.299. The van der Waals surface area contributed by atoms with Crippen LogP contribution in [0.5, 0.6) is 0 Å². The largest absolute Gasteiger partial charge is 0.309 e. The average Bonchev–Trinajstić information content (AvgIpc) is 3.23. The van der Waals surface area contributed by atoms with E-state index in [0.29, 0.717) is 5.69 Å². The first kappa shape index (κ1) is 19.0. The van der Waals surface area contributed by atoms with Gasteiger partial charge in [0.2, 0.25) is 0 Å². The van der Waals surface area contributed by atoms with Crippen LogP contribution in [0.25, 0.3) is 49.7 Å². The summed E-state index contributed by atoms with van der Waals surface area (Å²) in [6.45, 7) is 0. The molecule has 2 heterocycles. The van der Waals surface area contributed by atoms with Crippen LogP contribution >= 0.6 is 0 Å². The summed E-state index contributed by atoms with van der Waals surface area (Å²) in [5, 5.41) is 11.5. The van der Waals surface area contributed by atoms with Gasteiger partial charge in [0.1, 0.15) is 11.8 Å². The maximum Gasteiger partial charge on any atom is 0.140 e. The van der Waals surface area contributed by atoms with E-state index in [1.54, 1.807) is 12.3 Å². The van der Waals surface area contributed by atoms with Crippen molar-refractivity contribution in [2.75, 3.05) is 0 Å². The minimum Gasteiger partial charge on any atom is -0.309 e. The van der Waals surface area contributed by atoms with Crippen LogP contribution in [-0.4, -0.2) is 9.55 Å². The van der Waals surface area contributed by atoms with Crippen molar-refractivity contribution in [1.29, 1.82) is 5.26 Å². The highest BCUT2D eigenvalue weighted by molar-refractivity contribution is 6.09. The monoisotopic (exact) mass is 421 g/mol. The van der Waals surface area contributed by atoms with Crippen LogP contribution in [-0.2, 0) is 0 Å². The summed E-state index contributed by atoms with van der Waals surface area (Å²) in [4.78, 5) is 4.24. The number of hydrogen-bond donors (Lipinski definition) is 0. The molecule has 0 fully saturated rings. The van der Waals surface area contributed by atoms with Gasteiger partial charge in [-0.2, -0.15) is 5.26 Å². The van der Waals surface area contributed by atoms with Crippen LogP contribution in [0.3, 0.4) is 0 Å². The van der Waals surface area contributed by atoms with Crippen molar-refractivity contribution < 1.29 is 0 Å². The molecule has 0 N–H and O–H groups in total. The summed E-state index contributed by atoms with van der Waals surface area (Å²) >= 11 is 0. The van der Waals surface area contributed by atoms with Crippen LogP contribution in [0, 0.1) is 11.3 Å². The number of benzene rings is 4. The zero-order valence-corrected chi connectivity index (χ0v) is 17.8. The lowest BCUT2D eigenvalue weighted by Gasteiger charge is -2.14. The maximum atomic E-state index is 9.05. The van der Waals surface area contributed by atoms with Crippen molar-refractivity contribution in [3.8, 4) is 34.0 Å². The fourth-order valence-electron chi connectivity index (χ4n) is 4.59. The predicted molar refractivity (Wildman–Crippen MR) is 134 cm³/mol. The van der Waals surface area contributed by atoms with Crippen molar-refractivity contribution in [3.05, 3.63) is 121 Å². The molecule has 0 aliphatic carbocycles. The second kappa shape index (κ2) is 7.78. The van der Waals surface area contributed by atoms with Crippen molar-refractivity contribution in [2.24, 2.45) is 0 Å². The summed E-state index contributed by atoms with van der Waals surface area (Å²) in [6, 6.07) is 40.0. The molecule has 154 valence electrons. The van der Waals surface area contributed by atoms with Gasteiger partial charge >= 0.3 is 0 Å². The third-order valence-electron chi connectivity index (χ3n) is 6.11. The molecule has 0 spiro atoms. The number of aromatic nitrogens is 2. The Balaban J connectivity index is 1.57. The van der Waals surface area contributed by atoms with Crippen molar-refractivity contribution in [1.82, 2.24) is 9.55 Å². The van der Waals surface area contributed by atoms with Crippen molar-refractivity contribution >= 4 is 21.8 Å². The van der Waals surface area contributed by atoms with E-state index in [2.05, 4.69) is 113 Å². The van der Waals surface area contributed by atoms with Gasteiger partial charge in [0.25, 0.3) is 0 Å². The van der Waals surface area contributed by atoms with E-state index < -0.39 is 0 Å². The molecule has 0 saturated carbocycles. The van der Waals surface area contributed by atoms with Gasteiger partial charge in [0, 0.05) is 28.1 Å². The summed E-state index contributed by atoms with van der Waals surface area (Å²) < 4.78 is 2.36. The highest BCUT2D eigenvalue weighted by atomic mass is 15.0. The van der Waals surface area contributed by atoms with E-state index in [1.807, 2.05) is 6.07 Å². The molecule has 0 radical (unpaired) electrons. The molecule has 0 saturated heterocycles. The fraction of sp³-hybridized carbons (Fsp3) is 0. The maximum absolute atomic E-state index is 9.05. The lowest BCUT2D eigenvalue weighted by atomic mass is 9.98. The standard InChI is InChI=1S/C30H19N3/c31-19-24-17-16-23(20-32-24)21-8-7-9-22(18-21)25-10-1-4-13-28(25)33-29-14-5-2-11-26(29)27-12-3-6-15-30(27)33/h1-18,20H. The minimum atomic E-state index is 0.423. The smallest absolute Gasteiger partial charge is 0.140 e. The Bertz CT molecular complexity index is 1610. The van der Waals surface area contributed by atoms with Crippen molar-refractivity contribution in [2.45, 2.75) is 0 Å². The Morgan fingerprint density at radius 1 is 0.606 bits per heavy atom. The molecule has 3 heteroatoms. The first-order valence-corrected chi connectivity index (χ1v) is 10.9. The Morgan fingerprint density at radius 2 is 1.27 bits per heavy atom. The van der Waals surface area contributed by atoms with Gasteiger partial charge in [-0.1, -0.05) is 72.8 Å². The van der Waals surface area contributed by atoms with E-state index in [1.165, 1.54) is 21.8 Å². The van der Waals surface area contributed by atoms with Gasteiger partial charge in [0.05, 0.1) is 16.7 Å². The number of nitriles is 1. The number of fused-ring (bicyclic) bond motifs is 3. The molecular formula is C30H19N3. The van der Waals surface area contributed by atoms with Gasteiger partial charge < -0.3 is 4.57 Å². The van der Waals surface area contributed by atoms with Crippen LogP contribution < -0.4 is 0 Å². The summed E-state index contributed by atoms with van der Waals surface area (Å²) in [7, 11) is 0. The molecule has 0 amide bonds. The molecular weight excluding hydrogens is 402 g/mol. The van der Waals surface area contributed by atoms with Crippen molar-refractivity contribution in [3.63, 3.8) is 0 Å². The zero-order chi connectivity index (χ0) is 22.2. The highest BCUT2D eigenvalue weighted by Gasteiger charge is 2.15. The molecule has 0 atom stereocenters. The molecule has 2 aromatic heterocycles. The van der Waals surface area contributed by atoms with E-state index in [0.717, 1.165) is 27.9 Å². The number of nitrogens with zero attached hydrogens (tertiary/aromatic N) is 3.